The summed E-state index contributed by atoms with van der Waals surface area (Å²) < 4.78 is 10.1. The third-order valence-electron chi connectivity index (χ3n) is 3.65. The van der Waals surface area contributed by atoms with Crippen molar-refractivity contribution in [1.29, 1.82) is 0 Å². The number of carbonyl (C=O) groups excluding carboxylic acids is 2. The number of carbonyl (C=O) groups is 2. The SMILES string of the molecule is CC.COC(=O)c1ccc(Br)cc1.COC(=O)c1ccc(C2CC2)cc1. The Labute approximate surface area is 163 Å². The Morgan fingerprint density at radius 1 is 0.808 bits per heavy atom. The standard InChI is InChI=1S/C11H12O2.C8H7BrO2.C2H6/c1-13-11(12)10-6-4-9(5-7-10)8-2-3-8;1-11-8(10)6-2-4-7(9)5-3-6;1-2/h4-8H,2-3H2,1H3;2-5H,1H3;1-2H3. The van der Waals surface area contributed by atoms with Crippen molar-refractivity contribution in [3.63, 3.8) is 0 Å². The Morgan fingerprint density at radius 3 is 1.54 bits per heavy atom. The first-order valence-corrected chi connectivity index (χ1v) is 9.36. The van der Waals surface area contributed by atoms with Crippen LogP contribution >= 0.6 is 15.9 Å². The van der Waals surface area contributed by atoms with E-state index < -0.39 is 0 Å². The molecule has 3 rings (SSSR count). The van der Waals surface area contributed by atoms with Crippen LogP contribution in [0.3, 0.4) is 0 Å². The fourth-order valence-corrected chi connectivity index (χ4v) is 2.39. The van der Waals surface area contributed by atoms with Crippen molar-refractivity contribution in [2.75, 3.05) is 14.2 Å². The average Bonchev–Trinajstić information content (AvgIpc) is 3.55. The van der Waals surface area contributed by atoms with Crippen LogP contribution in [-0.4, -0.2) is 26.2 Å². The molecule has 0 N–H and O–H groups in total. The van der Waals surface area contributed by atoms with Gasteiger partial charge < -0.3 is 9.47 Å². The number of esters is 2. The maximum atomic E-state index is 11.1. The van der Waals surface area contributed by atoms with Gasteiger partial charge in [0.2, 0.25) is 0 Å². The Hall–Kier alpha value is -2.14. The second kappa shape index (κ2) is 11.5. The lowest BCUT2D eigenvalue weighted by atomic mass is 10.1. The molecule has 0 bridgehead atoms. The summed E-state index contributed by atoms with van der Waals surface area (Å²) in [6.07, 6.45) is 2.58. The summed E-state index contributed by atoms with van der Waals surface area (Å²) in [4.78, 5) is 22.0. The lowest BCUT2D eigenvalue weighted by Crippen LogP contribution is -2.00. The highest BCUT2D eigenvalue weighted by Gasteiger charge is 2.23. The molecule has 1 saturated carbocycles. The Bertz CT molecular complexity index is 689. The molecule has 0 aliphatic heterocycles. The second-order valence-corrected chi connectivity index (χ2v) is 6.30. The maximum Gasteiger partial charge on any atom is 0.337 e. The second-order valence-electron chi connectivity index (χ2n) is 5.39. The zero-order valence-electron chi connectivity index (χ0n) is 15.6. The number of hydrogen-bond acceptors (Lipinski definition) is 4. The zero-order chi connectivity index (χ0) is 19.5. The molecule has 0 saturated heterocycles. The molecule has 1 fully saturated rings. The minimum Gasteiger partial charge on any atom is -0.465 e. The van der Waals surface area contributed by atoms with Gasteiger partial charge in [0, 0.05) is 4.47 Å². The van der Waals surface area contributed by atoms with E-state index in [0.717, 1.165) is 10.4 Å². The highest BCUT2D eigenvalue weighted by atomic mass is 79.9. The van der Waals surface area contributed by atoms with Crippen molar-refractivity contribution >= 4 is 27.9 Å². The molecule has 0 aromatic heterocycles. The van der Waals surface area contributed by atoms with Gasteiger partial charge >= 0.3 is 11.9 Å². The van der Waals surface area contributed by atoms with Gasteiger partial charge in [-0.1, -0.05) is 41.9 Å². The molecule has 0 heterocycles. The molecule has 2 aromatic carbocycles. The van der Waals surface area contributed by atoms with E-state index in [0.29, 0.717) is 11.1 Å². The van der Waals surface area contributed by atoms with E-state index >= 15 is 0 Å². The Morgan fingerprint density at radius 2 is 1.19 bits per heavy atom. The first kappa shape index (κ1) is 21.9. The summed E-state index contributed by atoms with van der Waals surface area (Å²) in [6, 6.07) is 14.7. The lowest BCUT2D eigenvalue weighted by Gasteiger charge is -2.00. The largest absolute Gasteiger partial charge is 0.465 e. The number of methoxy groups -OCH3 is 2. The molecule has 0 spiro atoms. The van der Waals surface area contributed by atoms with E-state index in [9.17, 15) is 9.59 Å². The van der Waals surface area contributed by atoms with Gasteiger partial charge in [-0.05, 0) is 60.7 Å². The van der Waals surface area contributed by atoms with E-state index in [1.54, 1.807) is 24.3 Å². The van der Waals surface area contributed by atoms with Crippen molar-refractivity contribution in [1.82, 2.24) is 0 Å². The molecular weight excluding hydrogens is 396 g/mol. The van der Waals surface area contributed by atoms with E-state index in [2.05, 4.69) is 25.4 Å². The van der Waals surface area contributed by atoms with E-state index in [-0.39, 0.29) is 11.9 Å². The van der Waals surface area contributed by atoms with E-state index in [4.69, 9.17) is 0 Å². The number of halogens is 1. The maximum absolute atomic E-state index is 11.1. The Kier molecular flexibility index (Phi) is 9.66. The highest BCUT2D eigenvalue weighted by molar-refractivity contribution is 9.10. The van der Waals surface area contributed by atoms with Gasteiger partial charge in [0.1, 0.15) is 0 Å². The molecule has 140 valence electrons. The summed E-state index contributed by atoms with van der Waals surface area (Å²) in [7, 11) is 2.77. The molecule has 1 aliphatic carbocycles. The first-order valence-electron chi connectivity index (χ1n) is 8.57. The van der Waals surface area contributed by atoms with Crippen LogP contribution in [0.1, 0.15) is 58.9 Å². The van der Waals surface area contributed by atoms with Crippen LogP contribution in [0.15, 0.2) is 53.0 Å². The molecule has 4 nitrogen and oxygen atoms in total. The average molecular weight is 421 g/mol. The van der Waals surface area contributed by atoms with E-state index in [1.165, 1.54) is 32.6 Å². The number of benzene rings is 2. The molecule has 0 radical (unpaired) electrons. The van der Waals surface area contributed by atoms with Crippen LogP contribution in [0.2, 0.25) is 0 Å². The third-order valence-corrected chi connectivity index (χ3v) is 4.17. The van der Waals surface area contributed by atoms with Crippen LogP contribution in [0, 0.1) is 0 Å². The molecular formula is C21H25BrO4. The minimum absolute atomic E-state index is 0.262. The minimum atomic E-state index is -0.308. The van der Waals surface area contributed by atoms with Crippen LogP contribution in [-0.2, 0) is 9.47 Å². The van der Waals surface area contributed by atoms with E-state index in [1.807, 2.05) is 38.1 Å². The quantitative estimate of drug-likeness (QED) is 0.605. The van der Waals surface area contributed by atoms with Gasteiger partial charge in [0.15, 0.2) is 0 Å². The molecule has 0 atom stereocenters. The summed E-state index contributed by atoms with van der Waals surface area (Å²) >= 11 is 3.26. The van der Waals surface area contributed by atoms with Crippen molar-refractivity contribution < 1.29 is 19.1 Å². The Balaban J connectivity index is 0.000000241. The van der Waals surface area contributed by atoms with Crippen LogP contribution < -0.4 is 0 Å². The number of hydrogen-bond donors (Lipinski definition) is 0. The van der Waals surface area contributed by atoms with Crippen molar-refractivity contribution in [3.05, 3.63) is 69.7 Å². The smallest absolute Gasteiger partial charge is 0.337 e. The van der Waals surface area contributed by atoms with Crippen molar-refractivity contribution in [2.24, 2.45) is 0 Å². The third kappa shape index (κ3) is 7.00. The van der Waals surface area contributed by atoms with Gasteiger partial charge in [-0.3, -0.25) is 0 Å². The van der Waals surface area contributed by atoms with Gasteiger partial charge in [-0.15, -0.1) is 0 Å². The molecule has 0 unspecified atom stereocenters. The van der Waals surface area contributed by atoms with Gasteiger partial charge in [0.05, 0.1) is 25.3 Å². The normalized spacial score (nSPS) is 11.9. The lowest BCUT2D eigenvalue weighted by molar-refractivity contribution is 0.0592. The van der Waals surface area contributed by atoms with Crippen LogP contribution in [0.4, 0.5) is 0 Å². The van der Waals surface area contributed by atoms with Gasteiger partial charge in [-0.2, -0.15) is 0 Å². The van der Waals surface area contributed by atoms with Crippen LogP contribution in [0.5, 0.6) is 0 Å². The number of ether oxygens (including phenoxy) is 2. The summed E-state index contributed by atoms with van der Waals surface area (Å²) in [6.45, 7) is 4.00. The first-order chi connectivity index (χ1) is 12.5. The molecule has 0 amide bonds. The number of rotatable bonds is 3. The zero-order valence-corrected chi connectivity index (χ0v) is 17.2. The highest BCUT2D eigenvalue weighted by Crippen LogP contribution is 2.39. The molecule has 5 heteroatoms. The molecule has 26 heavy (non-hydrogen) atoms. The van der Waals surface area contributed by atoms with Crippen LogP contribution in [0.25, 0.3) is 0 Å². The fourth-order valence-electron chi connectivity index (χ4n) is 2.13. The predicted octanol–water partition coefficient (Wildman–Crippen LogP) is 5.61. The van der Waals surface area contributed by atoms with Crippen molar-refractivity contribution in [2.45, 2.75) is 32.6 Å². The molecule has 2 aromatic rings. The monoisotopic (exact) mass is 420 g/mol. The van der Waals surface area contributed by atoms with Crippen molar-refractivity contribution in [3.8, 4) is 0 Å². The summed E-state index contributed by atoms with van der Waals surface area (Å²) in [5.41, 5.74) is 2.54. The summed E-state index contributed by atoms with van der Waals surface area (Å²) in [5, 5.41) is 0. The fraction of sp³-hybridized carbons (Fsp3) is 0.333. The molecule has 1 aliphatic rings. The van der Waals surface area contributed by atoms with Gasteiger partial charge in [-0.25, -0.2) is 9.59 Å². The topological polar surface area (TPSA) is 52.6 Å². The summed E-state index contributed by atoms with van der Waals surface area (Å²) in [5.74, 6) is 0.173. The van der Waals surface area contributed by atoms with Gasteiger partial charge in [0.25, 0.3) is 0 Å². The predicted molar refractivity (Wildman–Crippen MR) is 107 cm³/mol.